The molecule has 5 heteroatoms. The van der Waals surface area contributed by atoms with Gasteiger partial charge in [0, 0.05) is 39.4 Å². The fourth-order valence-electron chi connectivity index (χ4n) is 5.10. The summed E-state index contributed by atoms with van der Waals surface area (Å²) in [7, 11) is 3.92. The topological polar surface area (TPSA) is 44.8 Å². The summed E-state index contributed by atoms with van der Waals surface area (Å²) in [6.45, 7) is 3.98. The van der Waals surface area contributed by atoms with Gasteiger partial charge in [-0.2, -0.15) is 0 Å². The summed E-state index contributed by atoms with van der Waals surface area (Å²) in [5, 5.41) is 3.11. The highest BCUT2D eigenvalue weighted by Gasteiger charge is 2.42. The Hall–Kier alpha value is -2.37. The zero-order valence-electron chi connectivity index (χ0n) is 19.6. The molecule has 172 valence electrons. The van der Waals surface area contributed by atoms with Gasteiger partial charge in [-0.25, -0.2) is 0 Å². The Kier molecular flexibility index (Phi) is 7.48. The number of rotatable bonds is 8. The SMILES string of the molecule is CN(C)c1ccccc1C(=O)NCC1CCC2(CCN(CCCc3ccccc3)CC2)O1. The predicted octanol–water partition coefficient (Wildman–Crippen LogP) is 4.13. The number of hydrogen-bond donors (Lipinski definition) is 1. The van der Waals surface area contributed by atoms with E-state index in [1.807, 2.05) is 43.3 Å². The molecular weight excluding hydrogens is 398 g/mol. The van der Waals surface area contributed by atoms with Crippen LogP contribution in [0.2, 0.25) is 0 Å². The van der Waals surface area contributed by atoms with Crippen LogP contribution in [0.15, 0.2) is 54.6 Å². The summed E-state index contributed by atoms with van der Waals surface area (Å²) in [5.41, 5.74) is 3.10. The van der Waals surface area contributed by atoms with Gasteiger partial charge in [0.15, 0.2) is 0 Å². The van der Waals surface area contributed by atoms with Gasteiger partial charge in [-0.3, -0.25) is 4.79 Å². The largest absolute Gasteiger partial charge is 0.377 e. The number of aryl methyl sites for hydroxylation is 1. The number of benzene rings is 2. The van der Waals surface area contributed by atoms with Gasteiger partial charge in [0.25, 0.3) is 5.91 Å². The molecule has 5 nitrogen and oxygen atoms in total. The molecule has 1 atom stereocenters. The average Bonchev–Trinajstić information content (AvgIpc) is 3.22. The van der Waals surface area contributed by atoms with Crippen molar-refractivity contribution >= 4 is 11.6 Å². The molecule has 0 aromatic heterocycles. The molecule has 0 saturated carbocycles. The first kappa shape index (κ1) is 22.8. The lowest BCUT2D eigenvalue weighted by atomic mass is 9.88. The first-order valence-corrected chi connectivity index (χ1v) is 12.0. The van der Waals surface area contributed by atoms with Crippen molar-refractivity contribution < 1.29 is 9.53 Å². The van der Waals surface area contributed by atoms with E-state index < -0.39 is 0 Å². The van der Waals surface area contributed by atoms with Gasteiger partial charge in [-0.05, 0) is 62.8 Å². The summed E-state index contributed by atoms with van der Waals surface area (Å²) < 4.78 is 6.52. The Morgan fingerprint density at radius 2 is 1.78 bits per heavy atom. The Morgan fingerprint density at radius 3 is 2.53 bits per heavy atom. The van der Waals surface area contributed by atoms with E-state index in [0.717, 1.165) is 57.4 Å². The lowest BCUT2D eigenvalue weighted by molar-refractivity contribution is -0.0754. The Morgan fingerprint density at radius 1 is 1.06 bits per heavy atom. The predicted molar refractivity (Wildman–Crippen MR) is 130 cm³/mol. The second-order valence-corrected chi connectivity index (χ2v) is 9.51. The maximum Gasteiger partial charge on any atom is 0.253 e. The molecule has 0 radical (unpaired) electrons. The molecule has 2 heterocycles. The maximum absolute atomic E-state index is 12.7. The van der Waals surface area contributed by atoms with Gasteiger partial charge in [0.05, 0.1) is 17.3 Å². The van der Waals surface area contributed by atoms with Crippen molar-refractivity contribution in [3.63, 3.8) is 0 Å². The van der Waals surface area contributed by atoms with Gasteiger partial charge in [0.1, 0.15) is 0 Å². The quantitative estimate of drug-likeness (QED) is 0.677. The summed E-state index contributed by atoms with van der Waals surface area (Å²) in [5.74, 6) is -0.0212. The Balaban J connectivity index is 1.19. The van der Waals surface area contributed by atoms with E-state index in [9.17, 15) is 4.79 Å². The van der Waals surface area contributed by atoms with Crippen molar-refractivity contribution in [2.75, 3.05) is 45.2 Å². The average molecular weight is 436 g/mol. The number of nitrogens with zero attached hydrogens (tertiary/aromatic N) is 2. The molecule has 2 aliphatic rings. The van der Waals surface area contributed by atoms with Crippen LogP contribution in [0.5, 0.6) is 0 Å². The molecule has 2 fully saturated rings. The number of amides is 1. The third-order valence-electron chi connectivity index (χ3n) is 7.01. The van der Waals surface area contributed by atoms with Crippen LogP contribution in [0.25, 0.3) is 0 Å². The minimum Gasteiger partial charge on any atom is -0.377 e. The Labute approximate surface area is 192 Å². The van der Waals surface area contributed by atoms with Crippen LogP contribution in [0.1, 0.15) is 48.0 Å². The van der Waals surface area contributed by atoms with Crippen LogP contribution < -0.4 is 10.2 Å². The number of para-hydroxylation sites is 1. The number of carbonyl (C=O) groups excluding carboxylic acids is 1. The number of carbonyl (C=O) groups is 1. The smallest absolute Gasteiger partial charge is 0.253 e. The van der Waals surface area contributed by atoms with E-state index in [1.165, 1.54) is 12.0 Å². The highest BCUT2D eigenvalue weighted by atomic mass is 16.5. The number of likely N-dealkylation sites (tertiary alicyclic amines) is 1. The van der Waals surface area contributed by atoms with Gasteiger partial charge in [-0.15, -0.1) is 0 Å². The van der Waals surface area contributed by atoms with Crippen LogP contribution in [0.3, 0.4) is 0 Å². The molecule has 2 aromatic rings. The summed E-state index contributed by atoms with van der Waals surface area (Å²) in [6.07, 6.45) is 6.83. The molecule has 1 amide bonds. The lowest BCUT2D eigenvalue weighted by Gasteiger charge is -2.39. The van der Waals surface area contributed by atoms with Crippen molar-refractivity contribution in [3.05, 3.63) is 65.7 Å². The van der Waals surface area contributed by atoms with E-state index in [4.69, 9.17) is 4.74 Å². The minimum atomic E-state index is -0.0212. The van der Waals surface area contributed by atoms with E-state index in [1.54, 1.807) is 0 Å². The Bertz CT molecular complexity index is 875. The van der Waals surface area contributed by atoms with Crippen LogP contribution in [0.4, 0.5) is 5.69 Å². The zero-order chi connectivity index (χ0) is 22.4. The normalized spacial score (nSPS) is 20.4. The maximum atomic E-state index is 12.7. The van der Waals surface area contributed by atoms with E-state index in [2.05, 4.69) is 40.5 Å². The van der Waals surface area contributed by atoms with E-state index in [0.29, 0.717) is 12.1 Å². The third kappa shape index (κ3) is 5.70. The lowest BCUT2D eigenvalue weighted by Crippen LogP contribution is -2.45. The number of ether oxygens (including phenoxy) is 1. The molecule has 4 rings (SSSR count). The molecule has 2 saturated heterocycles. The number of piperidine rings is 1. The van der Waals surface area contributed by atoms with Crippen molar-refractivity contribution in [2.24, 2.45) is 0 Å². The molecule has 1 N–H and O–H groups in total. The van der Waals surface area contributed by atoms with Crippen LogP contribution in [0, 0.1) is 0 Å². The van der Waals surface area contributed by atoms with Gasteiger partial charge < -0.3 is 19.9 Å². The first-order valence-electron chi connectivity index (χ1n) is 12.0. The van der Waals surface area contributed by atoms with Crippen molar-refractivity contribution in [1.82, 2.24) is 10.2 Å². The fourth-order valence-corrected chi connectivity index (χ4v) is 5.10. The fraction of sp³-hybridized carbons (Fsp3) is 0.519. The second-order valence-electron chi connectivity index (χ2n) is 9.51. The molecular formula is C27H37N3O2. The monoisotopic (exact) mass is 435 g/mol. The zero-order valence-corrected chi connectivity index (χ0v) is 19.6. The standard InChI is InChI=1S/C27H37N3O2/c1-29(2)25-13-7-6-12-24(25)26(31)28-21-23-14-15-27(32-23)16-19-30(20-17-27)18-8-11-22-9-4-3-5-10-22/h3-7,9-10,12-13,23H,8,11,14-21H2,1-2H3,(H,28,31). The number of anilines is 1. The molecule has 1 spiro atoms. The van der Waals surface area contributed by atoms with Crippen molar-refractivity contribution in [2.45, 2.75) is 50.2 Å². The minimum absolute atomic E-state index is 0.0207. The summed E-state index contributed by atoms with van der Waals surface area (Å²) in [6, 6.07) is 18.5. The van der Waals surface area contributed by atoms with E-state index >= 15 is 0 Å². The van der Waals surface area contributed by atoms with E-state index in [-0.39, 0.29) is 17.6 Å². The van der Waals surface area contributed by atoms with Crippen LogP contribution >= 0.6 is 0 Å². The summed E-state index contributed by atoms with van der Waals surface area (Å²) >= 11 is 0. The van der Waals surface area contributed by atoms with Crippen molar-refractivity contribution in [3.8, 4) is 0 Å². The second kappa shape index (κ2) is 10.5. The van der Waals surface area contributed by atoms with Gasteiger partial charge in [-0.1, -0.05) is 42.5 Å². The van der Waals surface area contributed by atoms with Crippen molar-refractivity contribution in [1.29, 1.82) is 0 Å². The highest BCUT2D eigenvalue weighted by Crippen LogP contribution is 2.38. The highest BCUT2D eigenvalue weighted by molar-refractivity contribution is 5.99. The first-order chi connectivity index (χ1) is 15.5. The third-order valence-corrected chi connectivity index (χ3v) is 7.01. The summed E-state index contributed by atoms with van der Waals surface area (Å²) in [4.78, 5) is 17.3. The molecule has 0 bridgehead atoms. The molecule has 2 aromatic carbocycles. The molecule has 0 aliphatic carbocycles. The molecule has 2 aliphatic heterocycles. The van der Waals surface area contributed by atoms with Crippen LogP contribution in [-0.2, 0) is 11.2 Å². The van der Waals surface area contributed by atoms with Gasteiger partial charge >= 0.3 is 0 Å². The van der Waals surface area contributed by atoms with Crippen LogP contribution in [-0.4, -0.2) is 62.8 Å². The molecule has 32 heavy (non-hydrogen) atoms. The number of hydrogen-bond acceptors (Lipinski definition) is 4. The van der Waals surface area contributed by atoms with Gasteiger partial charge in [0.2, 0.25) is 0 Å². The number of nitrogens with one attached hydrogen (secondary N) is 1. The molecule has 1 unspecified atom stereocenters.